The van der Waals surface area contributed by atoms with Crippen LogP contribution >= 0.6 is 0 Å². The van der Waals surface area contributed by atoms with Gasteiger partial charge in [-0.15, -0.1) is 0 Å². The molecule has 0 aromatic heterocycles. The number of carbonyl (C=O) groups is 1. The molecule has 0 unspecified atom stereocenters. The van der Waals surface area contributed by atoms with Gasteiger partial charge in [0.25, 0.3) is 0 Å². The number of nitrogens with two attached hydrogens (primary N) is 1. The van der Waals surface area contributed by atoms with Crippen LogP contribution in [-0.4, -0.2) is 56.7 Å². The Kier molecular flexibility index (Phi) is 6.98. The van der Waals surface area contributed by atoms with Gasteiger partial charge in [-0.1, -0.05) is 6.07 Å². The number of hydrogen-bond acceptors (Lipinski definition) is 8. The summed E-state index contributed by atoms with van der Waals surface area (Å²) in [5, 5.41) is 9.77. The van der Waals surface area contributed by atoms with Crippen molar-refractivity contribution in [1.29, 1.82) is 5.26 Å². The lowest BCUT2D eigenvalue weighted by molar-refractivity contribution is -0.116. The summed E-state index contributed by atoms with van der Waals surface area (Å²) in [6.07, 6.45) is 1.80. The second-order valence-corrected chi connectivity index (χ2v) is 7.98. The Morgan fingerprint density at radius 3 is 2.78 bits per heavy atom. The van der Waals surface area contributed by atoms with Crippen LogP contribution in [0.5, 0.6) is 11.5 Å². The Morgan fingerprint density at radius 2 is 2.03 bits per heavy atom. The van der Waals surface area contributed by atoms with E-state index in [4.69, 9.17) is 24.7 Å². The number of rotatable bonds is 7. The van der Waals surface area contributed by atoms with Crippen molar-refractivity contribution in [3.8, 4) is 17.6 Å². The minimum Gasteiger partial charge on any atom is -0.490 e. The minimum atomic E-state index is -0.557. The highest BCUT2D eigenvalue weighted by atomic mass is 16.5. The maximum atomic E-state index is 12.8. The molecule has 1 fully saturated rings. The zero-order valence-electron chi connectivity index (χ0n) is 18.4. The van der Waals surface area contributed by atoms with Gasteiger partial charge in [-0.05, 0) is 31.0 Å². The van der Waals surface area contributed by atoms with E-state index in [0.717, 1.165) is 44.8 Å². The molecule has 1 aromatic carbocycles. The minimum absolute atomic E-state index is 0.000276. The molecule has 170 valence electrons. The van der Waals surface area contributed by atoms with Crippen LogP contribution in [0.2, 0.25) is 0 Å². The van der Waals surface area contributed by atoms with E-state index in [1.165, 1.54) is 0 Å². The average molecular weight is 440 g/mol. The fourth-order valence-corrected chi connectivity index (χ4v) is 4.39. The molecule has 8 heteroatoms. The average Bonchev–Trinajstić information content (AvgIpc) is 2.80. The van der Waals surface area contributed by atoms with E-state index in [1.54, 1.807) is 0 Å². The maximum absolute atomic E-state index is 12.8. The van der Waals surface area contributed by atoms with Gasteiger partial charge in [-0.25, -0.2) is 0 Å². The van der Waals surface area contributed by atoms with Crippen molar-refractivity contribution in [2.45, 2.75) is 32.1 Å². The number of nitrogens with zero attached hydrogens (tertiary/aromatic N) is 2. The molecule has 0 bridgehead atoms. The van der Waals surface area contributed by atoms with Gasteiger partial charge in [-0.2, -0.15) is 5.26 Å². The molecule has 2 N–H and O–H groups in total. The standard InChI is InChI=1S/C24H29N3O5/c1-2-30-21-14-16(6-7-19(21)31-13-10-27-8-11-29-12-9-27)22-17(15-25)24(26)32-20-5-3-4-18(28)23(20)22/h6-7,14,22H,2-5,8-13,26H2,1H3/t22-/m1/s1. The third-order valence-corrected chi connectivity index (χ3v) is 5.97. The van der Waals surface area contributed by atoms with Gasteiger partial charge >= 0.3 is 0 Å². The first-order valence-corrected chi connectivity index (χ1v) is 11.2. The molecule has 0 radical (unpaired) electrons. The van der Waals surface area contributed by atoms with E-state index >= 15 is 0 Å². The summed E-state index contributed by atoms with van der Waals surface area (Å²) in [7, 11) is 0. The molecule has 0 saturated carbocycles. The number of carbonyl (C=O) groups excluding carboxylic acids is 1. The Hall–Kier alpha value is -3.02. The number of benzene rings is 1. The molecule has 3 aliphatic rings. The highest BCUT2D eigenvalue weighted by Crippen LogP contribution is 2.45. The van der Waals surface area contributed by atoms with Gasteiger partial charge in [0.1, 0.15) is 24.0 Å². The molecular formula is C24H29N3O5. The normalized spacial score (nSPS) is 21.6. The molecule has 8 nitrogen and oxygen atoms in total. The molecule has 4 rings (SSSR count). The highest BCUT2D eigenvalue weighted by Gasteiger charge is 2.38. The van der Waals surface area contributed by atoms with Crippen molar-refractivity contribution in [2.75, 3.05) is 46.1 Å². The van der Waals surface area contributed by atoms with Crippen LogP contribution in [0.3, 0.4) is 0 Å². The third kappa shape index (κ3) is 4.59. The maximum Gasteiger partial charge on any atom is 0.205 e. The lowest BCUT2D eigenvalue weighted by Gasteiger charge is -2.31. The topological polar surface area (TPSA) is 107 Å². The van der Waals surface area contributed by atoms with E-state index in [1.807, 2.05) is 25.1 Å². The van der Waals surface area contributed by atoms with Crippen molar-refractivity contribution in [3.05, 3.63) is 46.6 Å². The predicted octanol–water partition coefficient (Wildman–Crippen LogP) is 2.61. The molecule has 32 heavy (non-hydrogen) atoms. The molecule has 1 saturated heterocycles. The molecule has 2 heterocycles. The van der Waals surface area contributed by atoms with Crippen molar-refractivity contribution >= 4 is 5.78 Å². The zero-order valence-corrected chi connectivity index (χ0v) is 18.4. The Labute approximate surface area is 188 Å². The lowest BCUT2D eigenvalue weighted by atomic mass is 9.77. The van der Waals surface area contributed by atoms with Crippen molar-refractivity contribution < 1.29 is 23.7 Å². The van der Waals surface area contributed by atoms with E-state index in [0.29, 0.717) is 48.9 Å². The summed E-state index contributed by atoms with van der Waals surface area (Å²) in [5.74, 6) is 1.30. The second-order valence-electron chi connectivity index (χ2n) is 7.98. The smallest absolute Gasteiger partial charge is 0.205 e. The number of morpholine rings is 1. The predicted molar refractivity (Wildman–Crippen MR) is 117 cm³/mol. The van der Waals surface area contributed by atoms with E-state index in [9.17, 15) is 10.1 Å². The number of allylic oxidation sites excluding steroid dienone is 3. The van der Waals surface area contributed by atoms with Crippen LogP contribution < -0.4 is 15.2 Å². The highest BCUT2D eigenvalue weighted by molar-refractivity contribution is 5.99. The molecule has 1 aromatic rings. The summed E-state index contributed by atoms with van der Waals surface area (Å²) in [6.45, 7) is 7.01. The van der Waals surface area contributed by atoms with Crippen LogP contribution in [0.4, 0.5) is 0 Å². The summed E-state index contributed by atoms with van der Waals surface area (Å²) >= 11 is 0. The van der Waals surface area contributed by atoms with Crippen molar-refractivity contribution in [1.82, 2.24) is 4.90 Å². The Bertz CT molecular complexity index is 972. The molecule has 2 aliphatic heterocycles. The summed E-state index contributed by atoms with van der Waals surface area (Å²) in [5.41, 5.74) is 7.60. The number of ketones is 1. The van der Waals surface area contributed by atoms with Gasteiger partial charge in [-0.3, -0.25) is 9.69 Å². The first kappa shape index (κ1) is 22.2. The van der Waals surface area contributed by atoms with Crippen LogP contribution in [0.15, 0.2) is 41.0 Å². The van der Waals surface area contributed by atoms with E-state index in [2.05, 4.69) is 11.0 Å². The fraction of sp³-hybridized carbons (Fsp3) is 0.500. The third-order valence-electron chi connectivity index (χ3n) is 5.97. The monoisotopic (exact) mass is 439 g/mol. The first-order valence-electron chi connectivity index (χ1n) is 11.2. The molecular weight excluding hydrogens is 410 g/mol. The van der Waals surface area contributed by atoms with Crippen molar-refractivity contribution in [2.24, 2.45) is 5.73 Å². The fourth-order valence-electron chi connectivity index (χ4n) is 4.39. The second kappa shape index (κ2) is 10.1. The number of hydrogen-bond donors (Lipinski definition) is 1. The number of Topliss-reactive ketones (excluding diaryl/α,β-unsaturated/α-hetero) is 1. The van der Waals surface area contributed by atoms with Gasteiger partial charge in [0.05, 0.1) is 25.7 Å². The van der Waals surface area contributed by atoms with Crippen molar-refractivity contribution in [3.63, 3.8) is 0 Å². The summed E-state index contributed by atoms with van der Waals surface area (Å²) in [6, 6.07) is 7.71. The quantitative estimate of drug-likeness (QED) is 0.691. The lowest BCUT2D eigenvalue weighted by Crippen LogP contribution is -2.38. The summed E-state index contributed by atoms with van der Waals surface area (Å²) in [4.78, 5) is 15.1. The molecule has 0 amide bonds. The first-order chi connectivity index (χ1) is 15.6. The van der Waals surface area contributed by atoms with Crippen LogP contribution in [0.25, 0.3) is 0 Å². The van der Waals surface area contributed by atoms with Gasteiger partial charge in [0.2, 0.25) is 5.88 Å². The summed E-state index contributed by atoms with van der Waals surface area (Å²) < 4.78 is 22.9. The number of nitriles is 1. The van der Waals surface area contributed by atoms with E-state index in [-0.39, 0.29) is 17.2 Å². The molecule has 0 spiro atoms. The zero-order chi connectivity index (χ0) is 22.5. The van der Waals surface area contributed by atoms with Gasteiger partial charge in [0.15, 0.2) is 17.3 Å². The van der Waals surface area contributed by atoms with Crippen LogP contribution in [0, 0.1) is 11.3 Å². The van der Waals surface area contributed by atoms with Gasteiger partial charge < -0.3 is 24.7 Å². The molecule has 1 aliphatic carbocycles. The van der Waals surface area contributed by atoms with Gasteiger partial charge in [0, 0.05) is 38.0 Å². The van der Waals surface area contributed by atoms with E-state index < -0.39 is 5.92 Å². The largest absolute Gasteiger partial charge is 0.490 e. The Morgan fingerprint density at radius 1 is 1.22 bits per heavy atom. The molecule has 1 atom stereocenters. The SMILES string of the molecule is CCOc1cc([C@@H]2C(C#N)=C(N)OC3=C2C(=O)CCC3)ccc1OCCN1CCOCC1. The van der Waals surface area contributed by atoms with Crippen LogP contribution in [-0.2, 0) is 14.3 Å². The Balaban J connectivity index is 1.60. The van der Waals surface area contributed by atoms with Crippen LogP contribution in [0.1, 0.15) is 37.7 Å². The number of ether oxygens (including phenoxy) is 4.